The van der Waals surface area contributed by atoms with E-state index < -0.39 is 0 Å². The molecule has 0 aliphatic rings. The second kappa shape index (κ2) is 6.00. The van der Waals surface area contributed by atoms with Crippen LogP contribution in [0.15, 0.2) is 18.5 Å². The van der Waals surface area contributed by atoms with Gasteiger partial charge in [-0.1, -0.05) is 20.8 Å². The van der Waals surface area contributed by atoms with Crippen molar-refractivity contribution in [2.75, 3.05) is 6.54 Å². The molecule has 16 heavy (non-hydrogen) atoms. The van der Waals surface area contributed by atoms with Gasteiger partial charge in [0.15, 0.2) is 0 Å². The van der Waals surface area contributed by atoms with E-state index in [4.69, 9.17) is 0 Å². The zero-order valence-electron chi connectivity index (χ0n) is 11.1. The van der Waals surface area contributed by atoms with Crippen LogP contribution in [0.1, 0.15) is 44.7 Å². The van der Waals surface area contributed by atoms with Crippen LogP contribution in [-0.4, -0.2) is 17.6 Å². The molecule has 90 valence electrons. The first-order chi connectivity index (χ1) is 7.57. The number of rotatable bonds is 5. The van der Waals surface area contributed by atoms with Gasteiger partial charge in [-0.25, -0.2) is 0 Å². The van der Waals surface area contributed by atoms with Crippen LogP contribution in [0, 0.1) is 12.8 Å². The molecule has 0 aromatic carbocycles. The van der Waals surface area contributed by atoms with Gasteiger partial charge in [-0.05, 0) is 43.5 Å². The molecule has 2 atom stereocenters. The number of likely N-dealkylation sites (N-methyl/N-ethyl adjacent to an activating group) is 1. The van der Waals surface area contributed by atoms with Gasteiger partial charge in [-0.15, -0.1) is 0 Å². The first-order valence-corrected chi connectivity index (χ1v) is 6.21. The van der Waals surface area contributed by atoms with Gasteiger partial charge in [0.2, 0.25) is 0 Å². The van der Waals surface area contributed by atoms with E-state index in [1.807, 2.05) is 12.4 Å². The largest absolute Gasteiger partial charge is 0.314 e. The molecule has 1 aromatic rings. The summed E-state index contributed by atoms with van der Waals surface area (Å²) in [7, 11) is 0. The van der Waals surface area contributed by atoms with Crippen molar-refractivity contribution in [1.82, 2.24) is 10.3 Å². The molecule has 0 radical (unpaired) electrons. The van der Waals surface area contributed by atoms with Crippen molar-refractivity contribution >= 4 is 0 Å². The third-order valence-corrected chi connectivity index (χ3v) is 3.21. The van der Waals surface area contributed by atoms with Gasteiger partial charge in [0.25, 0.3) is 0 Å². The van der Waals surface area contributed by atoms with E-state index in [9.17, 15) is 0 Å². The molecule has 0 bridgehead atoms. The summed E-state index contributed by atoms with van der Waals surface area (Å²) >= 11 is 0. The van der Waals surface area contributed by atoms with E-state index in [2.05, 4.69) is 51.0 Å². The Bertz CT molecular complexity index is 320. The second-order valence-electron chi connectivity index (χ2n) is 4.85. The number of nitrogens with one attached hydrogen (secondary N) is 1. The number of hydrogen-bond donors (Lipinski definition) is 1. The maximum atomic E-state index is 4.17. The third-order valence-electron chi connectivity index (χ3n) is 3.21. The lowest BCUT2D eigenvalue weighted by molar-refractivity contribution is 0.381. The summed E-state index contributed by atoms with van der Waals surface area (Å²) in [6.45, 7) is 12.2. The van der Waals surface area contributed by atoms with E-state index in [0.29, 0.717) is 17.9 Å². The minimum Gasteiger partial charge on any atom is -0.314 e. The molecular formula is C14H24N2. The fraction of sp³-hybridized carbons (Fsp3) is 0.643. The minimum absolute atomic E-state index is 0.506. The molecule has 0 saturated carbocycles. The van der Waals surface area contributed by atoms with Crippen molar-refractivity contribution in [2.24, 2.45) is 5.92 Å². The standard InChI is InChI=1S/C14H24N2/c1-6-16-12(5)14(10(2)3)13-7-8-15-9-11(13)4/h7-10,12,14,16H,6H2,1-5H3. The van der Waals surface area contributed by atoms with Crippen LogP contribution in [0.2, 0.25) is 0 Å². The lowest BCUT2D eigenvalue weighted by Crippen LogP contribution is -2.34. The Morgan fingerprint density at radius 3 is 2.50 bits per heavy atom. The SMILES string of the molecule is CCNC(C)C(c1ccncc1C)C(C)C. The molecule has 1 aromatic heterocycles. The minimum atomic E-state index is 0.506. The highest BCUT2D eigenvalue weighted by Crippen LogP contribution is 2.29. The van der Waals surface area contributed by atoms with Crippen LogP contribution in [-0.2, 0) is 0 Å². The fourth-order valence-corrected chi connectivity index (χ4v) is 2.51. The van der Waals surface area contributed by atoms with Crippen LogP contribution in [0.3, 0.4) is 0 Å². The van der Waals surface area contributed by atoms with Gasteiger partial charge in [0, 0.05) is 24.4 Å². The molecule has 2 unspecified atom stereocenters. The molecule has 0 saturated heterocycles. The average Bonchev–Trinajstić information content (AvgIpc) is 2.21. The smallest absolute Gasteiger partial charge is 0.0299 e. The predicted molar refractivity (Wildman–Crippen MR) is 69.7 cm³/mol. The van der Waals surface area contributed by atoms with Crippen molar-refractivity contribution in [2.45, 2.75) is 46.6 Å². The summed E-state index contributed by atoms with van der Waals surface area (Å²) in [5, 5.41) is 3.53. The lowest BCUT2D eigenvalue weighted by atomic mass is 9.82. The molecule has 0 spiro atoms. The number of aryl methyl sites for hydroxylation is 1. The number of pyridine rings is 1. The van der Waals surface area contributed by atoms with Crippen LogP contribution in [0.25, 0.3) is 0 Å². The molecule has 1 N–H and O–H groups in total. The molecule has 0 aliphatic carbocycles. The van der Waals surface area contributed by atoms with Gasteiger partial charge >= 0.3 is 0 Å². The number of hydrogen-bond acceptors (Lipinski definition) is 2. The maximum Gasteiger partial charge on any atom is 0.0299 e. The van der Waals surface area contributed by atoms with E-state index in [0.717, 1.165) is 6.54 Å². The topological polar surface area (TPSA) is 24.9 Å². The summed E-state index contributed by atoms with van der Waals surface area (Å²) in [4.78, 5) is 4.17. The van der Waals surface area contributed by atoms with E-state index in [1.54, 1.807) is 0 Å². The highest BCUT2D eigenvalue weighted by atomic mass is 14.9. The Kier molecular flexibility index (Phi) is 4.94. The van der Waals surface area contributed by atoms with Crippen molar-refractivity contribution in [3.8, 4) is 0 Å². The average molecular weight is 220 g/mol. The van der Waals surface area contributed by atoms with Gasteiger partial charge in [-0.2, -0.15) is 0 Å². The van der Waals surface area contributed by atoms with Crippen molar-refractivity contribution in [1.29, 1.82) is 0 Å². The summed E-state index contributed by atoms with van der Waals surface area (Å²) in [6, 6.07) is 2.67. The monoisotopic (exact) mass is 220 g/mol. The van der Waals surface area contributed by atoms with Gasteiger partial charge in [0.1, 0.15) is 0 Å². The second-order valence-corrected chi connectivity index (χ2v) is 4.85. The number of aromatic nitrogens is 1. The van der Waals surface area contributed by atoms with Crippen LogP contribution >= 0.6 is 0 Å². The van der Waals surface area contributed by atoms with Gasteiger partial charge in [0.05, 0.1) is 0 Å². The lowest BCUT2D eigenvalue weighted by Gasteiger charge is -2.29. The molecule has 0 amide bonds. The van der Waals surface area contributed by atoms with Crippen molar-refractivity contribution in [3.63, 3.8) is 0 Å². The molecule has 1 heterocycles. The molecule has 2 heteroatoms. The fourth-order valence-electron chi connectivity index (χ4n) is 2.51. The Morgan fingerprint density at radius 2 is 2.00 bits per heavy atom. The molecular weight excluding hydrogens is 196 g/mol. The van der Waals surface area contributed by atoms with Gasteiger partial charge < -0.3 is 5.32 Å². The first kappa shape index (κ1) is 13.2. The van der Waals surface area contributed by atoms with E-state index >= 15 is 0 Å². The Balaban J connectivity index is 2.98. The maximum absolute atomic E-state index is 4.17. The Labute approximate surface area is 99.5 Å². The van der Waals surface area contributed by atoms with E-state index in [-0.39, 0.29) is 0 Å². The van der Waals surface area contributed by atoms with E-state index in [1.165, 1.54) is 11.1 Å². The zero-order valence-corrected chi connectivity index (χ0v) is 11.1. The molecule has 0 aliphatic heterocycles. The van der Waals surface area contributed by atoms with Crippen LogP contribution in [0.4, 0.5) is 0 Å². The summed E-state index contributed by atoms with van der Waals surface area (Å²) in [5.41, 5.74) is 2.73. The molecule has 0 fully saturated rings. The third kappa shape index (κ3) is 3.05. The molecule has 2 nitrogen and oxygen atoms in total. The molecule has 1 rings (SSSR count). The van der Waals surface area contributed by atoms with Crippen molar-refractivity contribution in [3.05, 3.63) is 29.6 Å². The number of nitrogens with zero attached hydrogens (tertiary/aromatic N) is 1. The normalized spacial score (nSPS) is 15.1. The zero-order chi connectivity index (χ0) is 12.1. The van der Waals surface area contributed by atoms with Crippen LogP contribution in [0.5, 0.6) is 0 Å². The predicted octanol–water partition coefficient (Wildman–Crippen LogP) is 3.13. The highest BCUT2D eigenvalue weighted by molar-refractivity contribution is 5.27. The quantitative estimate of drug-likeness (QED) is 0.824. The van der Waals surface area contributed by atoms with Crippen LogP contribution < -0.4 is 5.32 Å². The van der Waals surface area contributed by atoms with Crippen molar-refractivity contribution < 1.29 is 0 Å². The Morgan fingerprint density at radius 1 is 1.31 bits per heavy atom. The van der Waals surface area contributed by atoms with Gasteiger partial charge in [-0.3, -0.25) is 4.98 Å². The summed E-state index contributed by atoms with van der Waals surface area (Å²) in [5.74, 6) is 1.19. The highest BCUT2D eigenvalue weighted by Gasteiger charge is 2.23. The first-order valence-electron chi connectivity index (χ1n) is 6.21. The summed E-state index contributed by atoms with van der Waals surface area (Å²) in [6.07, 6.45) is 3.86. The Hall–Kier alpha value is -0.890. The summed E-state index contributed by atoms with van der Waals surface area (Å²) < 4.78 is 0.